The van der Waals surface area contributed by atoms with Crippen LogP contribution in [-0.4, -0.2) is 53.3 Å². The lowest BCUT2D eigenvalue weighted by molar-refractivity contribution is -0.141. The first kappa shape index (κ1) is 18.8. The third kappa shape index (κ3) is 3.05. The second-order valence-electron chi connectivity index (χ2n) is 9.78. The van der Waals surface area contributed by atoms with E-state index >= 15 is 0 Å². The molecule has 150 valence electrons. The molecule has 5 aliphatic rings. The number of likely N-dealkylation sites (N-methyl/N-ethyl adjacent to an activating group) is 1. The molecule has 5 rings (SSSR count). The van der Waals surface area contributed by atoms with Crippen LogP contribution in [-0.2, 0) is 9.59 Å². The van der Waals surface area contributed by atoms with Crippen LogP contribution in [0.25, 0.3) is 0 Å². The molecule has 0 aromatic heterocycles. The van der Waals surface area contributed by atoms with Gasteiger partial charge in [0.1, 0.15) is 12.1 Å². The second-order valence-corrected chi connectivity index (χ2v) is 9.78. The van der Waals surface area contributed by atoms with E-state index in [0.29, 0.717) is 12.8 Å². The molecule has 0 radical (unpaired) electrons. The molecule has 4 saturated carbocycles. The molecule has 1 saturated heterocycles. The lowest BCUT2D eigenvalue weighted by atomic mass is 9.49. The maximum atomic E-state index is 12.9. The van der Waals surface area contributed by atoms with E-state index in [9.17, 15) is 14.4 Å². The zero-order valence-electron chi connectivity index (χ0n) is 16.9. The molecule has 27 heavy (non-hydrogen) atoms. The van der Waals surface area contributed by atoms with E-state index in [2.05, 4.69) is 5.32 Å². The largest absolute Gasteiger partial charge is 0.344 e. The van der Waals surface area contributed by atoms with Crippen LogP contribution in [0, 0.1) is 23.2 Å². The van der Waals surface area contributed by atoms with Gasteiger partial charge in [0.05, 0.1) is 0 Å². The van der Waals surface area contributed by atoms with Gasteiger partial charge in [0.15, 0.2) is 0 Å². The lowest BCUT2D eigenvalue weighted by Crippen LogP contribution is -2.53. The number of hydrogen-bond donors (Lipinski definition) is 1. The molecule has 4 amide bonds. The second kappa shape index (κ2) is 6.49. The first-order valence-electron chi connectivity index (χ1n) is 10.7. The van der Waals surface area contributed by atoms with Gasteiger partial charge in [-0.05, 0) is 74.5 Å². The molecule has 5 fully saturated rings. The third-order valence-electron chi connectivity index (χ3n) is 7.91. The maximum Gasteiger partial charge on any atom is 0.325 e. The minimum Gasteiger partial charge on any atom is -0.344 e. The van der Waals surface area contributed by atoms with Gasteiger partial charge < -0.3 is 10.2 Å². The van der Waals surface area contributed by atoms with Crippen molar-refractivity contribution in [2.45, 2.75) is 70.8 Å². The molecule has 0 aromatic carbocycles. The van der Waals surface area contributed by atoms with Crippen LogP contribution in [0.4, 0.5) is 4.79 Å². The summed E-state index contributed by atoms with van der Waals surface area (Å²) in [5.41, 5.74) is -0.567. The van der Waals surface area contributed by atoms with Gasteiger partial charge in [0.2, 0.25) is 5.91 Å². The molecular formula is C21H33N3O3. The monoisotopic (exact) mass is 375 g/mol. The Labute approximate surface area is 162 Å². The van der Waals surface area contributed by atoms with Crippen molar-refractivity contribution in [2.24, 2.45) is 23.2 Å². The number of carbonyl (C=O) groups excluding carboxylic acids is 3. The summed E-state index contributed by atoms with van der Waals surface area (Å²) >= 11 is 0. The molecule has 0 atom stereocenters. The lowest BCUT2D eigenvalue weighted by Gasteiger charge is -2.57. The Morgan fingerprint density at radius 3 is 2.04 bits per heavy atom. The first-order chi connectivity index (χ1) is 12.8. The Hall–Kier alpha value is -1.59. The van der Waals surface area contributed by atoms with E-state index in [1.807, 2.05) is 20.9 Å². The number of amides is 4. The fourth-order valence-electron chi connectivity index (χ4n) is 6.88. The fraction of sp³-hybridized carbons (Fsp3) is 0.857. The van der Waals surface area contributed by atoms with Crippen LogP contribution in [0.1, 0.15) is 65.2 Å². The van der Waals surface area contributed by atoms with Crippen molar-refractivity contribution in [3.8, 4) is 0 Å². The summed E-state index contributed by atoms with van der Waals surface area (Å²) in [6.07, 6.45) is 8.97. The van der Waals surface area contributed by atoms with Crippen LogP contribution in [0.2, 0.25) is 0 Å². The van der Waals surface area contributed by atoms with Crippen molar-refractivity contribution in [3.63, 3.8) is 0 Å². The molecule has 0 spiro atoms. The topological polar surface area (TPSA) is 69.7 Å². The molecule has 1 heterocycles. The summed E-state index contributed by atoms with van der Waals surface area (Å²) in [5, 5.41) is 2.80. The smallest absolute Gasteiger partial charge is 0.325 e. The minimum absolute atomic E-state index is 0.128. The van der Waals surface area contributed by atoms with Crippen molar-refractivity contribution >= 4 is 17.8 Å². The highest BCUT2D eigenvalue weighted by atomic mass is 16.2. The Kier molecular flexibility index (Phi) is 4.51. The number of urea groups is 1. The number of carbonyl (C=O) groups is 3. The molecule has 6 heteroatoms. The zero-order chi connectivity index (χ0) is 19.4. The molecule has 1 N–H and O–H groups in total. The van der Waals surface area contributed by atoms with Crippen molar-refractivity contribution in [1.82, 2.24) is 15.1 Å². The van der Waals surface area contributed by atoms with Gasteiger partial charge in [-0.15, -0.1) is 0 Å². The van der Waals surface area contributed by atoms with E-state index < -0.39 is 11.6 Å². The quantitative estimate of drug-likeness (QED) is 0.726. The maximum absolute atomic E-state index is 12.9. The summed E-state index contributed by atoms with van der Waals surface area (Å²) in [6, 6.07) is -0.430. The highest BCUT2D eigenvalue weighted by Gasteiger charge is 2.52. The van der Waals surface area contributed by atoms with Crippen LogP contribution < -0.4 is 5.32 Å². The highest BCUT2D eigenvalue weighted by molar-refractivity contribution is 6.08. The van der Waals surface area contributed by atoms with Crippen molar-refractivity contribution in [2.75, 3.05) is 20.1 Å². The van der Waals surface area contributed by atoms with Gasteiger partial charge in [-0.1, -0.05) is 13.8 Å². The number of imide groups is 1. The molecule has 6 nitrogen and oxygen atoms in total. The van der Waals surface area contributed by atoms with Gasteiger partial charge >= 0.3 is 6.03 Å². The van der Waals surface area contributed by atoms with Crippen molar-refractivity contribution in [1.29, 1.82) is 0 Å². The summed E-state index contributed by atoms with van der Waals surface area (Å²) in [6.45, 7) is 4.42. The van der Waals surface area contributed by atoms with Crippen molar-refractivity contribution < 1.29 is 14.4 Å². The summed E-state index contributed by atoms with van der Waals surface area (Å²) in [4.78, 5) is 40.8. The van der Waals surface area contributed by atoms with E-state index in [4.69, 9.17) is 0 Å². The molecule has 4 aliphatic carbocycles. The predicted molar refractivity (Wildman–Crippen MR) is 102 cm³/mol. The molecule has 0 aromatic rings. The standard InChI is InChI=1S/C21H33N3O3/c1-4-21(5-2)18(26)24(19(27)22-21)12-17(25)23(3)13-20-9-14-6-15(10-20)8-16(7-14)11-20/h14-16H,4-13H2,1-3H3,(H,22,27). The van der Waals surface area contributed by atoms with Crippen LogP contribution in [0.3, 0.4) is 0 Å². The van der Waals surface area contributed by atoms with Crippen LogP contribution in [0.5, 0.6) is 0 Å². The Morgan fingerprint density at radius 2 is 1.59 bits per heavy atom. The predicted octanol–water partition coefficient (Wildman–Crippen LogP) is 2.77. The molecular weight excluding hydrogens is 342 g/mol. The summed E-state index contributed by atoms with van der Waals surface area (Å²) in [7, 11) is 1.84. The number of hydrogen-bond acceptors (Lipinski definition) is 3. The molecule has 1 aliphatic heterocycles. The summed E-state index contributed by atoms with van der Waals surface area (Å²) in [5.74, 6) is 2.16. The summed E-state index contributed by atoms with van der Waals surface area (Å²) < 4.78 is 0. The van der Waals surface area contributed by atoms with E-state index in [1.54, 1.807) is 4.90 Å². The van der Waals surface area contributed by atoms with Crippen molar-refractivity contribution in [3.05, 3.63) is 0 Å². The van der Waals surface area contributed by atoms with Gasteiger partial charge in [-0.3, -0.25) is 14.5 Å². The third-order valence-corrected chi connectivity index (χ3v) is 7.91. The Balaban J connectivity index is 1.40. The number of nitrogens with zero attached hydrogens (tertiary/aromatic N) is 2. The molecule has 0 unspecified atom stereocenters. The van der Waals surface area contributed by atoms with Gasteiger partial charge in [-0.2, -0.15) is 0 Å². The van der Waals surface area contributed by atoms with Gasteiger partial charge in [-0.25, -0.2) is 4.79 Å². The Bertz CT molecular complexity index is 620. The van der Waals surface area contributed by atoms with Gasteiger partial charge in [0.25, 0.3) is 5.91 Å². The average molecular weight is 376 g/mol. The first-order valence-corrected chi connectivity index (χ1v) is 10.7. The van der Waals surface area contributed by atoms with E-state index in [-0.39, 0.29) is 23.8 Å². The molecule has 4 bridgehead atoms. The minimum atomic E-state index is -0.837. The van der Waals surface area contributed by atoms with E-state index in [0.717, 1.165) is 29.2 Å². The van der Waals surface area contributed by atoms with Crippen LogP contribution in [0.15, 0.2) is 0 Å². The van der Waals surface area contributed by atoms with E-state index in [1.165, 1.54) is 38.5 Å². The number of rotatable bonds is 6. The average Bonchev–Trinajstić information content (AvgIpc) is 2.84. The van der Waals surface area contributed by atoms with Crippen LogP contribution >= 0.6 is 0 Å². The highest BCUT2D eigenvalue weighted by Crippen LogP contribution is 2.60. The van der Waals surface area contributed by atoms with Gasteiger partial charge in [0, 0.05) is 13.6 Å². The zero-order valence-corrected chi connectivity index (χ0v) is 16.9. The fourth-order valence-corrected chi connectivity index (χ4v) is 6.88. The number of nitrogens with one attached hydrogen (secondary N) is 1. The normalized spacial score (nSPS) is 36.3. The SMILES string of the molecule is CCC1(CC)NC(=O)N(CC(=O)N(C)CC23CC4CC(CC(C4)C2)C3)C1=O. The Morgan fingerprint density at radius 1 is 1.07 bits per heavy atom.